The first-order valence-corrected chi connectivity index (χ1v) is 6.58. The van der Waals surface area contributed by atoms with E-state index in [4.69, 9.17) is 4.89 Å². The van der Waals surface area contributed by atoms with Crippen molar-refractivity contribution in [1.29, 1.82) is 0 Å². The van der Waals surface area contributed by atoms with Crippen LogP contribution in [0.25, 0.3) is 0 Å². The smallest absolute Gasteiger partial charge is 0.185 e. The van der Waals surface area contributed by atoms with Gasteiger partial charge in [-0.3, -0.25) is 10.1 Å². The number of carbonyl (C=O) groups is 1. The number of carbonyl (C=O) groups excluding carboxylic acids is 1. The summed E-state index contributed by atoms with van der Waals surface area (Å²) in [5.74, 6) is 0.368. The first-order chi connectivity index (χ1) is 8.25. The predicted molar refractivity (Wildman–Crippen MR) is 72.1 cm³/mol. The van der Waals surface area contributed by atoms with Crippen molar-refractivity contribution in [2.45, 2.75) is 47.1 Å². The summed E-state index contributed by atoms with van der Waals surface area (Å²) in [5, 5.41) is 9.30. The molecule has 1 aliphatic carbocycles. The molecule has 1 N–H and O–H groups in total. The molecule has 0 atom stereocenters. The zero-order chi connectivity index (χ0) is 14.1. The van der Waals surface area contributed by atoms with Crippen LogP contribution in [0.3, 0.4) is 0 Å². The van der Waals surface area contributed by atoms with Crippen LogP contribution in [0, 0.1) is 17.8 Å². The topological polar surface area (TPSA) is 46.5 Å². The molecule has 1 aliphatic rings. The van der Waals surface area contributed by atoms with Crippen LogP contribution in [-0.2, 0) is 9.68 Å². The lowest BCUT2D eigenvalue weighted by atomic mass is 9.75. The Morgan fingerprint density at radius 1 is 1.00 bits per heavy atom. The van der Waals surface area contributed by atoms with E-state index in [1.54, 1.807) is 12.2 Å². The van der Waals surface area contributed by atoms with E-state index in [0.717, 1.165) is 11.1 Å². The second kappa shape index (κ2) is 5.37. The van der Waals surface area contributed by atoms with Gasteiger partial charge in [-0.2, -0.15) is 0 Å². The third-order valence-electron chi connectivity index (χ3n) is 3.59. The van der Waals surface area contributed by atoms with Crippen LogP contribution in [-0.4, -0.2) is 16.6 Å². The Hall–Kier alpha value is -0.930. The highest BCUT2D eigenvalue weighted by molar-refractivity contribution is 6.10. The van der Waals surface area contributed by atoms with E-state index >= 15 is 0 Å². The summed E-state index contributed by atoms with van der Waals surface area (Å²) in [6, 6.07) is 0. The van der Waals surface area contributed by atoms with Gasteiger partial charge in [-0.25, -0.2) is 4.89 Å². The third-order valence-corrected chi connectivity index (χ3v) is 3.59. The highest BCUT2D eigenvalue weighted by Crippen LogP contribution is 2.36. The summed E-state index contributed by atoms with van der Waals surface area (Å²) in [6.45, 7) is 11.9. The number of ketones is 1. The Balaban J connectivity index is 3.38. The monoisotopic (exact) mass is 252 g/mol. The lowest BCUT2D eigenvalue weighted by Crippen LogP contribution is -2.39. The first kappa shape index (κ1) is 15.1. The fraction of sp³-hybridized carbons (Fsp3) is 0.667. The van der Waals surface area contributed by atoms with Gasteiger partial charge in [-0.15, -0.1) is 0 Å². The fourth-order valence-corrected chi connectivity index (χ4v) is 2.17. The minimum Gasteiger partial charge on any atom is -0.289 e. The molecule has 0 aliphatic heterocycles. The summed E-state index contributed by atoms with van der Waals surface area (Å²) in [5.41, 5.74) is 0.570. The van der Waals surface area contributed by atoms with Crippen LogP contribution in [0.4, 0.5) is 0 Å². The van der Waals surface area contributed by atoms with Gasteiger partial charge in [0.15, 0.2) is 5.78 Å². The maximum absolute atomic E-state index is 12.4. The van der Waals surface area contributed by atoms with Crippen LogP contribution in [0.2, 0.25) is 0 Å². The summed E-state index contributed by atoms with van der Waals surface area (Å²) in [4.78, 5) is 17.1. The zero-order valence-electron chi connectivity index (χ0n) is 12.2. The quantitative estimate of drug-likeness (QED) is 0.614. The Labute approximate surface area is 109 Å². The van der Waals surface area contributed by atoms with Crippen molar-refractivity contribution in [3.8, 4) is 0 Å². The van der Waals surface area contributed by atoms with E-state index in [9.17, 15) is 10.1 Å². The third kappa shape index (κ3) is 2.57. The molecule has 1 rings (SSSR count). The van der Waals surface area contributed by atoms with Crippen molar-refractivity contribution < 1.29 is 14.9 Å². The van der Waals surface area contributed by atoms with Gasteiger partial charge >= 0.3 is 0 Å². The summed E-state index contributed by atoms with van der Waals surface area (Å²) >= 11 is 0. The van der Waals surface area contributed by atoms with Crippen molar-refractivity contribution in [3.05, 3.63) is 23.3 Å². The normalized spacial score (nSPS) is 19.6. The Kier molecular flexibility index (Phi) is 4.51. The lowest BCUT2D eigenvalue weighted by molar-refractivity contribution is -0.303. The van der Waals surface area contributed by atoms with Gasteiger partial charge in [0.1, 0.15) is 5.60 Å². The molecule has 0 spiro atoms. The average Bonchev–Trinajstić information content (AvgIpc) is 2.28. The number of hydrogen-bond acceptors (Lipinski definition) is 3. The molecular weight excluding hydrogens is 228 g/mol. The standard InChI is InChI=1S/C15H24O3/c1-9(2)12-7-15(18-17,11(5)6)8-13(10(3)4)14(12)16/h7-11,17H,1-6H3. The Bertz CT molecular complexity index is 359. The maximum Gasteiger partial charge on any atom is 0.185 e. The minimum absolute atomic E-state index is 0.0538. The molecule has 102 valence electrons. The Morgan fingerprint density at radius 2 is 1.39 bits per heavy atom. The molecule has 0 aromatic rings. The molecule has 18 heavy (non-hydrogen) atoms. The predicted octanol–water partition coefficient (Wildman–Crippen LogP) is 3.62. The molecule has 0 fully saturated rings. The van der Waals surface area contributed by atoms with Crippen LogP contribution in [0.15, 0.2) is 23.3 Å². The second-order valence-corrected chi connectivity index (χ2v) is 5.94. The fourth-order valence-electron chi connectivity index (χ4n) is 2.17. The molecule has 0 unspecified atom stereocenters. The molecule has 0 amide bonds. The van der Waals surface area contributed by atoms with E-state index < -0.39 is 5.60 Å². The first-order valence-electron chi connectivity index (χ1n) is 6.58. The summed E-state index contributed by atoms with van der Waals surface area (Å²) < 4.78 is 0. The number of rotatable bonds is 4. The van der Waals surface area contributed by atoms with Gasteiger partial charge in [0.25, 0.3) is 0 Å². The van der Waals surface area contributed by atoms with Crippen molar-refractivity contribution in [1.82, 2.24) is 0 Å². The van der Waals surface area contributed by atoms with Crippen molar-refractivity contribution in [3.63, 3.8) is 0 Å². The molecule has 0 radical (unpaired) electrons. The lowest BCUT2D eigenvalue weighted by Gasteiger charge is -2.34. The largest absolute Gasteiger partial charge is 0.289 e. The van der Waals surface area contributed by atoms with Crippen molar-refractivity contribution >= 4 is 5.78 Å². The molecule has 0 saturated heterocycles. The highest BCUT2D eigenvalue weighted by Gasteiger charge is 2.39. The van der Waals surface area contributed by atoms with Gasteiger partial charge in [0.05, 0.1) is 0 Å². The highest BCUT2D eigenvalue weighted by atomic mass is 17.1. The van der Waals surface area contributed by atoms with Crippen molar-refractivity contribution in [2.24, 2.45) is 17.8 Å². The number of Topliss-reactive ketones (excluding diaryl/α,β-unsaturated/α-hetero) is 1. The van der Waals surface area contributed by atoms with E-state index in [2.05, 4.69) is 0 Å². The number of hydrogen-bond donors (Lipinski definition) is 1. The van der Waals surface area contributed by atoms with Crippen LogP contribution in [0.5, 0.6) is 0 Å². The van der Waals surface area contributed by atoms with E-state index in [1.165, 1.54) is 0 Å². The van der Waals surface area contributed by atoms with E-state index in [-0.39, 0.29) is 23.5 Å². The minimum atomic E-state index is -0.882. The maximum atomic E-state index is 12.4. The Morgan fingerprint density at radius 3 is 1.61 bits per heavy atom. The summed E-state index contributed by atoms with van der Waals surface area (Å²) in [6.07, 6.45) is 3.55. The van der Waals surface area contributed by atoms with Crippen LogP contribution >= 0.6 is 0 Å². The molecule has 0 bridgehead atoms. The molecular formula is C15H24O3. The molecule has 0 aromatic carbocycles. The SMILES string of the molecule is CC(C)C1=CC(OO)(C(C)C)C=C(C(C)C)C1=O. The summed E-state index contributed by atoms with van der Waals surface area (Å²) in [7, 11) is 0. The van der Waals surface area contributed by atoms with E-state index in [1.807, 2.05) is 41.5 Å². The van der Waals surface area contributed by atoms with Gasteiger partial charge in [-0.05, 0) is 29.9 Å². The molecule has 3 nitrogen and oxygen atoms in total. The molecule has 0 heterocycles. The average molecular weight is 252 g/mol. The van der Waals surface area contributed by atoms with Crippen LogP contribution < -0.4 is 0 Å². The number of allylic oxidation sites excluding steroid dienone is 2. The second-order valence-electron chi connectivity index (χ2n) is 5.94. The molecule has 0 saturated carbocycles. The zero-order valence-corrected chi connectivity index (χ0v) is 12.2. The van der Waals surface area contributed by atoms with Gasteiger partial charge in [0, 0.05) is 11.1 Å². The van der Waals surface area contributed by atoms with Crippen molar-refractivity contribution in [2.75, 3.05) is 0 Å². The van der Waals surface area contributed by atoms with E-state index in [0.29, 0.717) is 0 Å². The van der Waals surface area contributed by atoms with Gasteiger partial charge < -0.3 is 0 Å². The van der Waals surface area contributed by atoms with Crippen LogP contribution in [0.1, 0.15) is 41.5 Å². The molecule has 0 aromatic heterocycles. The van der Waals surface area contributed by atoms with Gasteiger partial charge in [0.2, 0.25) is 0 Å². The molecule has 3 heteroatoms. The van der Waals surface area contributed by atoms with Gasteiger partial charge in [-0.1, -0.05) is 41.5 Å².